The molecule has 0 aliphatic heterocycles. The van der Waals surface area contributed by atoms with Crippen LogP contribution in [0.15, 0.2) is 24.5 Å². The van der Waals surface area contributed by atoms with Crippen LogP contribution in [0.25, 0.3) is 6.08 Å². The molecule has 0 aliphatic carbocycles. The number of aliphatic hydroxyl groups excluding tert-OH is 1. The van der Waals surface area contributed by atoms with E-state index in [9.17, 15) is 0 Å². The minimum atomic E-state index is 0.110. The van der Waals surface area contributed by atoms with Crippen LogP contribution in [0.3, 0.4) is 0 Å². The third-order valence-electron chi connectivity index (χ3n) is 1.67. The van der Waals surface area contributed by atoms with Gasteiger partial charge < -0.3 is 9.67 Å². The Kier molecular flexibility index (Phi) is 3.61. The lowest BCUT2D eigenvalue weighted by Gasteiger charge is -1.95. The zero-order chi connectivity index (χ0) is 8.81. The SMILES string of the molecule is CCCn1ccc(C=CCO)c1. The van der Waals surface area contributed by atoms with Crippen molar-refractivity contribution in [1.82, 2.24) is 4.57 Å². The van der Waals surface area contributed by atoms with Gasteiger partial charge in [0.15, 0.2) is 0 Å². The normalized spacial score (nSPS) is 11.2. The fourth-order valence-corrected chi connectivity index (χ4v) is 1.14. The summed E-state index contributed by atoms with van der Waals surface area (Å²) in [5.41, 5.74) is 1.15. The largest absolute Gasteiger partial charge is 0.392 e. The molecule has 1 aromatic rings. The van der Waals surface area contributed by atoms with Crippen LogP contribution in [-0.2, 0) is 6.54 Å². The Morgan fingerprint density at radius 1 is 1.58 bits per heavy atom. The van der Waals surface area contributed by atoms with Gasteiger partial charge in [-0.1, -0.05) is 19.1 Å². The van der Waals surface area contributed by atoms with Gasteiger partial charge in [-0.25, -0.2) is 0 Å². The second-order valence-electron chi connectivity index (χ2n) is 2.77. The summed E-state index contributed by atoms with van der Waals surface area (Å²) in [4.78, 5) is 0. The van der Waals surface area contributed by atoms with Crippen molar-refractivity contribution in [3.8, 4) is 0 Å². The molecule has 0 radical (unpaired) electrons. The highest BCUT2D eigenvalue weighted by molar-refractivity contribution is 5.47. The first-order chi connectivity index (χ1) is 5.86. The van der Waals surface area contributed by atoms with Crippen molar-refractivity contribution in [1.29, 1.82) is 0 Å². The Labute approximate surface area is 73.1 Å². The predicted molar refractivity (Wildman–Crippen MR) is 50.8 cm³/mol. The number of nitrogens with zero attached hydrogens (tertiary/aromatic N) is 1. The zero-order valence-electron chi connectivity index (χ0n) is 7.40. The van der Waals surface area contributed by atoms with Crippen LogP contribution in [-0.4, -0.2) is 16.3 Å². The molecule has 0 fully saturated rings. The minimum Gasteiger partial charge on any atom is -0.392 e. The van der Waals surface area contributed by atoms with Crippen LogP contribution < -0.4 is 0 Å². The highest BCUT2D eigenvalue weighted by Crippen LogP contribution is 2.03. The summed E-state index contributed by atoms with van der Waals surface area (Å²) in [7, 11) is 0. The Balaban J connectivity index is 2.57. The molecule has 0 bridgehead atoms. The van der Waals surface area contributed by atoms with Crippen LogP contribution in [0, 0.1) is 0 Å². The zero-order valence-corrected chi connectivity index (χ0v) is 7.40. The van der Waals surface area contributed by atoms with Crippen molar-refractivity contribution >= 4 is 6.08 Å². The first kappa shape index (κ1) is 9.07. The summed E-state index contributed by atoms with van der Waals surface area (Å²) in [6.07, 6.45) is 8.95. The molecule has 0 saturated heterocycles. The van der Waals surface area contributed by atoms with E-state index in [2.05, 4.69) is 23.9 Å². The third kappa shape index (κ3) is 2.55. The van der Waals surface area contributed by atoms with Gasteiger partial charge in [-0.05, 0) is 18.1 Å². The third-order valence-corrected chi connectivity index (χ3v) is 1.67. The van der Waals surface area contributed by atoms with Gasteiger partial charge in [-0.2, -0.15) is 0 Å². The molecule has 0 amide bonds. The molecule has 1 N–H and O–H groups in total. The fourth-order valence-electron chi connectivity index (χ4n) is 1.14. The lowest BCUT2D eigenvalue weighted by Crippen LogP contribution is -1.90. The molecule has 0 aromatic carbocycles. The smallest absolute Gasteiger partial charge is 0.0615 e. The summed E-state index contributed by atoms with van der Waals surface area (Å²) in [6, 6.07) is 2.04. The Hall–Kier alpha value is -1.02. The molecule has 2 heteroatoms. The van der Waals surface area contributed by atoms with Crippen LogP contribution in [0.4, 0.5) is 0 Å². The van der Waals surface area contributed by atoms with Crippen molar-refractivity contribution in [3.63, 3.8) is 0 Å². The first-order valence-corrected chi connectivity index (χ1v) is 4.30. The maximum atomic E-state index is 8.54. The summed E-state index contributed by atoms with van der Waals surface area (Å²) < 4.78 is 2.15. The van der Waals surface area contributed by atoms with Crippen LogP contribution in [0.5, 0.6) is 0 Å². The predicted octanol–water partition coefficient (Wildman–Crippen LogP) is 1.90. The fraction of sp³-hybridized carbons (Fsp3) is 0.400. The Morgan fingerprint density at radius 3 is 3.08 bits per heavy atom. The average molecular weight is 165 g/mol. The quantitative estimate of drug-likeness (QED) is 0.724. The number of aliphatic hydroxyl groups is 1. The second kappa shape index (κ2) is 4.78. The van der Waals surface area contributed by atoms with Crippen LogP contribution in [0.1, 0.15) is 18.9 Å². The minimum absolute atomic E-state index is 0.110. The van der Waals surface area contributed by atoms with Crippen molar-refractivity contribution in [2.45, 2.75) is 19.9 Å². The molecule has 0 atom stereocenters. The molecule has 2 nitrogen and oxygen atoms in total. The summed E-state index contributed by atoms with van der Waals surface area (Å²) in [5, 5.41) is 8.54. The highest BCUT2D eigenvalue weighted by Gasteiger charge is 1.90. The second-order valence-corrected chi connectivity index (χ2v) is 2.77. The molecule has 1 heterocycles. The molecule has 66 valence electrons. The van der Waals surface area contributed by atoms with Gasteiger partial charge in [-0.3, -0.25) is 0 Å². The number of aryl methyl sites for hydroxylation is 1. The summed E-state index contributed by atoms with van der Waals surface area (Å²) >= 11 is 0. The van der Waals surface area contributed by atoms with E-state index in [4.69, 9.17) is 5.11 Å². The van der Waals surface area contributed by atoms with Crippen molar-refractivity contribution in [2.24, 2.45) is 0 Å². The van der Waals surface area contributed by atoms with Crippen molar-refractivity contribution in [2.75, 3.05) is 6.61 Å². The number of aromatic nitrogens is 1. The number of rotatable bonds is 4. The van der Waals surface area contributed by atoms with Gasteiger partial charge in [0.05, 0.1) is 6.61 Å². The standard InChI is InChI=1S/C10H15NO/c1-2-6-11-7-5-10(9-11)4-3-8-12/h3-5,7,9,12H,2,6,8H2,1H3. The van der Waals surface area contributed by atoms with E-state index >= 15 is 0 Å². The summed E-state index contributed by atoms with van der Waals surface area (Å²) in [5.74, 6) is 0. The molecule has 0 saturated carbocycles. The van der Waals surface area contributed by atoms with Crippen molar-refractivity contribution < 1.29 is 5.11 Å². The number of hydrogen-bond donors (Lipinski definition) is 1. The first-order valence-electron chi connectivity index (χ1n) is 4.30. The van der Waals surface area contributed by atoms with E-state index in [-0.39, 0.29) is 6.61 Å². The molecule has 0 unspecified atom stereocenters. The Morgan fingerprint density at radius 2 is 2.42 bits per heavy atom. The highest BCUT2D eigenvalue weighted by atomic mass is 16.2. The molecular weight excluding hydrogens is 150 g/mol. The lowest BCUT2D eigenvalue weighted by atomic mass is 10.3. The monoisotopic (exact) mass is 165 g/mol. The van der Waals surface area contributed by atoms with E-state index in [1.165, 1.54) is 0 Å². The maximum Gasteiger partial charge on any atom is 0.0615 e. The topological polar surface area (TPSA) is 25.2 Å². The van der Waals surface area contributed by atoms with Crippen LogP contribution in [0.2, 0.25) is 0 Å². The lowest BCUT2D eigenvalue weighted by molar-refractivity contribution is 0.343. The van der Waals surface area contributed by atoms with Crippen LogP contribution >= 0.6 is 0 Å². The van der Waals surface area contributed by atoms with E-state index in [1.54, 1.807) is 6.08 Å². The van der Waals surface area contributed by atoms with Crippen molar-refractivity contribution in [3.05, 3.63) is 30.1 Å². The molecule has 12 heavy (non-hydrogen) atoms. The van der Waals surface area contributed by atoms with Gasteiger partial charge in [0, 0.05) is 18.9 Å². The average Bonchev–Trinajstić information content (AvgIpc) is 2.50. The van der Waals surface area contributed by atoms with Gasteiger partial charge >= 0.3 is 0 Å². The van der Waals surface area contributed by atoms with Gasteiger partial charge in [0.2, 0.25) is 0 Å². The van der Waals surface area contributed by atoms with E-state index in [1.807, 2.05) is 12.1 Å². The molecule has 0 aliphatic rings. The van der Waals surface area contributed by atoms with E-state index in [0.717, 1.165) is 18.5 Å². The Bertz CT molecular complexity index is 250. The molecular formula is C10H15NO. The molecule has 0 spiro atoms. The number of hydrogen-bond acceptors (Lipinski definition) is 1. The van der Waals surface area contributed by atoms with E-state index in [0.29, 0.717) is 0 Å². The van der Waals surface area contributed by atoms with Gasteiger partial charge in [0.25, 0.3) is 0 Å². The molecule has 1 aromatic heterocycles. The van der Waals surface area contributed by atoms with Gasteiger partial charge in [0.1, 0.15) is 0 Å². The van der Waals surface area contributed by atoms with E-state index < -0.39 is 0 Å². The maximum absolute atomic E-state index is 8.54. The molecule has 1 rings (SSSR count). The van der Waals surface area contributed by atoms with Gasteiger partial charge in [-0.15, -0.1) is 0 Å². The summed E-state index contributed by atoms with van der Waals surface area (Å²) in [6.45, 7) is 3.33.